The van der Waals surface area contributed by atoms with Crippen molar-refractivity contribution in [2.24, 2.45) is 11.8 Å². The molecule has 0 aliphatic carbocycles. The van der Waals surface area contributed by atoms with Crippen LogP contribution in [0.25, 0.3) is 0 Å². The maximum absolute atomic E-state index is 8.75. The summed E-state index contributed by atoms with van der Waals surface area (Å²) < 4.78 is 0. The summed E-state index contributed by atoms with van der Waals surface area (Å²) in [5, 5.41) is 8.75. The van der Waals surface area contributed by atoms with E-state index in [9.17, 15) is 0 Å². The molecule has 13 heavy (non-hydrogen) atoms. The van der Waals surface area contributed by atoms with Crippen molar-refractivity contribution in [3.63, 3.8) is 0 Å². The van der Waals surface area contributed by atoms with Crippen LogP contribution in [0.1, 0.15) is 25.7 Å². The fraction of sp³-hybridized carbons (Fsp3) is 1.00. The van der Waals surface area contributed by atoms with Crippen LogP contribution in [0.2, 0.25) is 0 Å². The standard InChI is InChI=1S/C10H19NO.ClH/c12-7-1-2-10-8-11-5-3-9(10)4-6-11;/h9-10,12H,1-8H2;1H. The molecule has 3 fully saturated rings. The van der Waals surface area contributed by atoms with Gasteiger partial charge in [0.25, 0.3) is 0 Å². The minimum atomic E-state index is 0. The van der Waals surface area contributed by atoms with Crippen LogP contribution in [-0.4, -0.2) is 36.2 Å². The van der Waals surface area contributed by atoms with Gasteiger partial charge in [-0.25, -0.2) is 0 Å². The Kier molecular flexibility index (Phi) is 4.50. The molecule has 0 aromatic heterocycles. The number of rotatable bonds is 3. The van der Waals surface area contributed by atoms with Crippen LogP contribution in [0.4, 0.5) is 0 Å². The Morgan fingerprint density at radius 1 is 1.23 bits per heavy atom. The first kappa shape index (κ1) is 11.3. The summed E-state index contributed by atoms with van der Waals surface area (Å²) >= 11 is 0. The van der Waals surface area contributed by atoms with Gasteiger partial charge < -0.3 is 10.0 Å². The van der Waals surface area contributed by atoms with Gasteiger partial charge in [-0.2, -0.15) is 0 Å². The van der Waals surface area contributed by atoms with Crippen LogP contribution in [0.5, 0.6) is 0 Å². The van der Waals surface area contributed by atoms with E-state index in [1.807, 2.05) is 0 Å². The fourth-order valence-electron chi connectivity index (χ4n) is 2.77. The Morgan fingerprint density at radius 3 is 2.38 bits per heavy atom. The predicted molar refractivity (Wildman–Crippen MR) is 56.2 cm³/mol. The van der Waals surface area contributed by atoms with Gasteiger partial charge in [-0.15, -0.1) is 12.4 Å². The van der Waals surface area contributed by atoms with Gasteiger partial charge in [0.1, 0.15) is 0 Å². The molecule has 0 aromatic rings. The van der Waals surface area contributed by atoms with Gasteiger partial charge in [0.2, 0.25) is 0 Å². The van der Waals surface area contributed by atoms with Crippen molar-refractivity contribution in [1.82, 2.24) is 4.90 Å². The highest BCUT2D eigenvalue weighted by Crippen LogP contribution is 2.34. The quantitative estimate of drug-likeness (QED) is 0.756. The van der Waals surface area contributed by atoms with E-state index >= 15 is 0 Å². The molecule has 0 radical (unpaired) electrons. The first-order valence-electron chi connectivity index (χ1n) is 5.23. The number of aliphatic hydroxyl groups excluding tert-OH is 1. The molecular weight excluding hydrogens is 186 g/mol. The van der Waals surface area contributed by atoms with Crippen molar-refractivity contribution < 1.29 is 5.11 Å². The first-order chi connectivity index (χ1) is 5.90. The topological polar surface area (TPSA) is 23.5 Å². The van der Waals surface area contributed by atoms with Crippen LogP contribution in [0.3, 0.4) is 0 Å². The molecule has 1 atom stereocenters. The van der Waals surface area contributed by atoms with Crippen molar-refractivity contribution in [1.29, 1.82) is 0 Å². The van der Waals surface area contributed by atoms with E-state index in [1.165, 1.54) is 38.9 Å². The molecule has 3 rings (SSSR count). The molecule has 0 amide bonds. The molecular formula is C10H20ClNO. The van der Waals surface area contributed by atoms with Gasteiger partial charge in [-0.05, 0) is 50.6 Å². The second kappa shape index (κ2) is 5.18. The van der Waals surface area contributed by atoms with Gasteiger partial charge in [0, 0.05) is 13.2 Å². The average Bonchev–Trinajstić information content (AvgIpc) is 2.17. The maximum Gasteiger partial charge on any atom is 0.0431 e. The summed E-state index contributed by atoms with van der Waals surface area (Å²) in [5.74, 6) is 1.89. The molecule has 1 unspecified atom stereocenters. The number of piperidine rings is 3. The molecule has 3 saturated heterocycles. The zero-order chi connectivity index (χ0) is 8.39. The normalized spacial score (nSPS) is 37.2. The number of hydrogen-bond donors (Lipinski definition) is 1. The Labute approximate surface area is 86.7 Å². The zero-order valence-electron chi connectivity index (χ0n) is 8.11. The highest BCUT2D eigenvalue weighted by atomic mass is 35.5. The summed E-state index contributed by atoms with van der Waals surface area (Å²) in [7, 11) is 0. The summed E-state index contributed by atoms with van der Waals surface area (Å²) in [5.41, 5.74) is 0. The molecule has 0 saturated carbocycles. The van der Waals surface area contributed by atoms with Crippen LogP contribution >= 0.6 is 12.4 Å². The largest absolute Gasteiger partial charge is 0.396 e. The van der Waals surface area contributed by atoms with E-state index in [1.54, 1.807) is 0 Å². The van der Waals surface area contributed by atoms with E-state index < -0.39 is 0 Å². The predicted octanol–water partition coefficient (Wildman–Crippen LogP) is 1.52. The van der Waals surface area contributed by atoms with E-state index in [-0.39, 0.29) is 12.4 Å². The first-order valence-corrected chi connectivity index (χ1v) is 5.23. The zero-order valence-corrected chi connectivity index (χ0v) is 8.93. The molecule has 0 spiro atoms. The molecule has 2 nitrogen and oxygen atoms in total. The summed E-state index contributed by atoms with van der Waals surface area (Å²) in [6.07, 6.45) is 5.08. The third kappa shape index (κ3) is 2.58. The number of fused-ring (bicyclic) bond motifs is 3. The smallest absolute Gasteiger partial charge is 0.0431 e. The van der Waals surface area contributed by atoms with Crippen molar-refractivity contribution in [3.8, 4) is 0 Å². The molecule has 3 heteroatoms. The minimum absolute atomic E-state index is 0. The number of hydrogen-bond acceptors (Lipinski definition) is 2. The SMILES string of the molecule is Cl.OCCCC1CN2CCC1CC2. The van der Waals surface area contributed by atoms with Crippen molar-refractivity contribution >= 4 is 12.4 Å². The summed E-state index contributed by atoms with van der Waals surface area (Å²) in [6.45, 7) is 4.36. The number of halogens is 1. The lowest BCUT2D eigenvalue weighted by atomic mass is 9.77. The molecule has 1 N–H and O–H groups in total. The van der Waals surface area contributed by atoms with Gasteiger partial charge in [-0.1, -0.05) is 0 Å². The Morgan fingerprint density at radius 2 is 1.92 bits per heavy atom. The maximum atomic E-state index is 8.75. The molecule has 3 heterocycles. The second-order valence-corrected chi connectivity index (χ2v) is 4.26. The van der Waals surface area contributed by atoms with Crippen LogP contribution in [0.15, 0.2) is 0 Å². The Balaban J connectivity index is 0.000000845. The fourth-order valence-corrected chi connectivity index (χ4v) is 2.77. The lowest BCUT2D eigenvalue weighted by molar-refractivity contribution is 0.0433. The van der Waals surface area contributed by atoms with E-state index in [0.717, 1.165) is 18.3 Å². The van der Waals surface area contributed by atoms with Gasteiger partial charge >= 0.3 is 0 Å². The number of nitrogens with zero attached hydrogens (tertiary/aromatic N) is 1. The van der Waals surface area contributed by atoms with Crippen LogP contribution in [0, 0.1) is 11.8 Å². The van der Waals surface area contributed by atoms with Crippen molar-refractivity contribution in [2.45, 2.75) is 25.7 Å². The second-order valence-electron chi connectivity index (χ2n) is 4.26. The number of aliphatic hydroxyl groups is 1. The molecule has 2 bridgehead atoms. The monoisotopic (exact) mass is 205 g/mol. The van der Waals surface area contributed by atoms with Gasteiger partial charge in [0.15, 0.2) is 0 Å². The molecule has 3 aliphatic heterocycles. The molecule has 78 valence electrons. The van der Waals surface area contributed by atoms with Crippen molar-refractivity contribution in [3.05, 3.63) is 0 Å². The minimum Gasteiger partial charge on any atom is -0.396 e. The van der Waals surface area contributed by atoms with Crippen molar-refractivity contribution in [2.75, 3.05) is 26.2 Å². The highest BCUT2D eigenvalue weighted by Gasteiger charge is 2.33. The van der Waals surface area contributed by atoms with Crippen LogP contribution in [-0.2, 0) is 0 Å². The molecule has 3 aliphatic rings. The Bertz CT molecular complexity index is 146. The third-order valence-electron chi connectivity index (χ3n) is 3.52. The molecule has 0 aromatic carbocycles. The highest BCUT2D eigenvalue weighted by molar-refractivity contribution is 5.85. The van der Waals surface area contributed by atoms with Gasteiger partial charge in [0.05, 0.1) is 0 Å². The van der Waals surface area contributed by atoms with E-state index in [4.69, 9.17) is 5.11 Å². The summed E-state index contributed by atoms with van der Waals surface area (Å²) in [6, 6.07) is 0. The lowest BCUT2D eigenvalue weighted by Crippen LogP contribution is -2.47. The summed E-state index contributed by atoms with van der Waals surface area (Å²) in [4.78, 5) is 2.59. The lowest BCUT2D eigenvalue weighted by Gasteiger charge is -2.45. The van der Waals surface area contributed by atoms with Gasteiger partial charge in [-0.3, -0.25) is 0 Å². The van der Waals surface area contributed by atoms with E-state index in [2.05, 4.69) is 4.90 Å². The van der Waals surface area contributed by atoms with Crippen LogP contribution < -0.4 is 0 Å². The average molecular weight is 206 g/mol. The Hall–Kier alpha value is 0.210. The van der Waals surface area contributed by atoms with E-state index in [0.29, 0.717) is 6.61 Å². The third-order valence-corrected chi connectivity index (χ3v) is 3.52.